The van der Waals surface area contributed by atoms with Crippen LogP contribution in [0.2, 0.25) is 10.0 Å². The van der Waals surface area contributed by atoms with E-state index in [0.29, 0.717) is 28.7 Å². The van der Waals surface area contributed by atoms with Crippen molar-refractivity contribution in [3.8, 4) is 0 Å². The van der Waals surface area contributed by atoms with E-state index in [2.05, 4.69) is 5.32 Å². The van der Waals surface area contributed by atoms with Gasteiger partial charge in [0, 0.05) is 34.7 Å². The number of nitrogens with zero attached hydrogens (tertiary/aromatic N) is 1. The zero-order valence-corrected chi connectivity index (χ0v) is 14.3. The summed E-state index contributed by atoms with van der Waals surface area (Å²) < 4.78 is 23.7. The van der Waals surface area contributed by atoms with Gasteiger partial charge in [0.2, 0.25) is 0 Å². The molecule has 120 valence electrons. The van der Waals surface area contributed by atoms with Crippen LogP contribution in [0.15, 0.2) is 12.1 Å². The van der Waals surface area contributed by atoms with Crippen LogP contribution >= 0.6 is 23.2 Å². The highest BCUT2D eigenvalue weighted by Crippen LogP contribution is 2.28. The second-order valence-corrected chi connectivity index (χ2v) is 8.74. The first kappa shape index (κ1) is 16.1. The lowest BCUT2D eigenvalue weighted by Gasteiger charge is -2.37. The highest BCUT2D eigenvalue weighted by molar-refractivity contribution is 7.91. The first-order valence-corrected chi connectivity index (χ1v) is 9.56. The number of nitrogens with one attached hydrogen (secondary N) is 1. The summed E-state index contributed by atoms with van der Waals surface area (Å²) >= 11 is 12.2. The highest BCUT2D eigenvalue weighted by atomic mass is 35.5. The molecule has 8 heteroatoms. The summed E-state index contributed by atoms with van der Waals surface area (Å²) in [5.41, 5.74) is 1.12. The number of benzene rings is 1. The number of carbonyl (C=O) groups is 1. The maximum atomic E-state index is 12.8. The second kappa shape index (κ2) is 5.67. The summed E-state index contributed by atoms with van der Waals surface area (Å²) in [4.78, 5) is 14.4. The standard InChI is InChI=1S/C14H16Cl2N2O3S/c1-8-10(15)4-9(5-11(8)16)14(19)18-3-2-17-12-6-22(20,21)7-13(12)18/h4-5,12-13,17H,2-3,6-7H2,1H3/t12-,13+/m0/s1. The number of sulfone groups is 1. The molecule has 2 fully saturated rings. The summed E-state index contributed by atoms with van der Waals surface area (Å²) in [5, 5.41) is 4.04. The molecule has 5 nitrogen and oxygen atoms in total. The van der Waals surface area contributed by atoms with Crippen LogP contribution in [0.5, 0.6) is 0 Å². The van der Waals surface area contributed by atoms with Crippen molar-refractivity contribution in [2.75, 3.05) is 24.6 Å². The Morgan fingerprint density at radius 2 is 1.91 bits per heavy atom. The molecule has 0 bridgehead atoms. The molecule has 0 spiro atoms. The Balaban J connectivity index is 1.92. The molecule has 2 aliphatic heterocycles. The van der Waals surface area contributed by atoms with Crippen molar-refractivity contribution >= 4 is 38.9 Å². The van der Waals surface area contributed by atoms with Crippen LogP contribution in [0, 0.1) is 6.92 Å². The summed E-state index contributed by atoms with van der Waals surface area (Å²) in [7, 11) is -3.11. The summed E-state index contributed by atoms with van der Waals surface area (Å²) in [6.07, 6.45) is 0. The Kier molecular flexibility index (Phi) is 4.14. The van der Waals surface area contributed by atoms with Gasteiger partial charge in [0.15, 0.2) is 9.84 Å². The lowest BCUT2D eigenvalue weighted by atomic mass is 10.0. The third-order valence-corrected chi connectivity index (χ3v) is 6.77. The van der Waals surface area contributed by atoms with Gasteiger partial charge in [0.25, 0.3) is 5.91 Å². The number of carbonyl (C=O) groups excluding carboxylic acids is 1. The van der Waals surface area contributed by atoms with E-state index in [1.807, 2.05) is 0 Å². The van der Waals surface area contributed by atoms with Crippen LogP contribution in [0.1, 0.15) is 15.9 Å². The van der Waals surface area contributed by atoms with E-state index in [1.165, 1.54) is 0 Å². The maximum Gasteiger partial charge on any atom is 0.254 e. The Morgan fingerprint density at radius 1 is 1.27 bits per heavy atom. The molecule has 2 saturated heterocycles. The van der Waals surface area contributed by atoms with Crippen LogP contribution in [-0.4, -0.2) is 55.9 Å². The number of fused-ring (bicyclic) bond motifs is 1. The topological polar surface area (TPSA) is 66.5 Å². The zero-order valence-electron chi connectivity index (χ0n) is 12.0. The monoisotopic (exact) mass is 362 g/mol. The van der Waals surface area contributed by atoms with Crippen LogP contribution in [0.4, 0.5) is 0 Å². The predicted molar refractivity (Wildman–Crippen MR) is 86.5 cm³/mol. The molecule has 1 aromatic carbocycles. The number of piperazine rings is 1. The Hall–Kier alpha value is -0.820. The van der Waals surface area contributed by atoms with E-state index in [0.717, 1.165) is 5.56 Å². The number of halogens is 2. The third kappa shape index (κ3) is 2.85. The molecule has 3 rings (SSSR count). The van der Waals surface area contributed by atoms with Gasteiger partial charge in [-0.3, -0.25) is 4.79 Å². The smallest absolute Gasteiger partial charge is 0.254 e. The van der Waals surface area contributed by atoms with Crippen LogP contribution in [-0.2, 0) is 9.84 Å². The SMILES string of the molecule is Cc1c(Cl)cc(C(=O)N2CCN[C@H]3CS(=O)(=O)C[C@H]32)cc1Cl. The molecule has 2 heterocycles. The van der Waals surface area contributed by atoms with Crippen LogP contribution < -0.4 is 5.32 Å². The van der Waals surface area contributed by atoms with Crippen LogP contribution in [0.25, 0.3) is 0 Å². The molecular formula is C14H16Cl2N2O3S. The molecule has 0 aliphatic carbocycles. The fourth-order valence-electron chi connectivity index (χ4n) is 3.05. The van der Waals surface area contributed by atoms with Crippen molar-refractivity contribution in [2.45, 2.75) is 19.0 Å². The first-order valence-electron chi connectivity index (χ1n) is 6.99. The molecule has 22 heavy (non-hydrogen) atoms. The van der Waals surface area contributed by atoms with Crippen molar-refractivity contribution in [1.82, 2.24) is 10.2 Å². The fourth-order valence-corrected chi connectivity index (χ4v) is 5.50. The molecule has 0 unspecified atom stereocenters. The highest BCUT2D eigenvalue weighted by Gasteiger charge is 2.44. The van der Waals surface area contributed by atoms with Gasteiger partial charge in [-0.25, -0.2) is 8.42 Å². The van der Waals surface area contributed by atoms with E-state index < -0.39 is 9.84 Å². The minimum absolute atomic E-state index is 0.00370. The van der Waals surface area contributed by atoms with E-state index >= 15 is 0 Å². The van der Waals surface area contributed by atoms with Gasteiger partial charge in [-0.1, -0.05) is 23.2 Å². The van der Waals surface area contributed by atoms with Gasteiger partial charge in [0.05, 0.1) is 17.5 Å². The van der Waals surface area contributed by atoms with Crippen molar-refractivity contribution < 1.29 is 13.2 Å². The Labute approximate surface area is 139 Å². The molecule has 0 aromatic heterocycles. The number of amides is 1. The molecule has 0 saturated carbocycles. The van der Waals surface area contributed by atoms with Crippen molar-refractivity contribution in [3.63, 3.8) is 0 Å². The summed E-state index contributed by atoms with van der Waals surface area (Å²) in [5.74, 6) is -0.141. The largest absolute Gasteiger partial charge is 0.332 e. The fraction of sp³-hybridized carbons (Fsp3) is 0.500. The molecule has 2 aliphatic rings. The average Bonchev–Trinajstić information content (AvgIpc) is 2.77. The van der Waals surface area contributed by atoms with Crippen molar-refractivity contribution in [3.05, 3.63) is 33.3 Å². The van der Waals surface area contributed by atoms with E-state index in [-0.39, 0.29) is 29.5 Å². The van der Waals surface area contributed by atoms with Crippen LogP contribution in [0.3, 0.4) is 0 Å². The zero-order chi connectivity index (χ0) is 16.1. The summed E-state index contributed by atoms with van der Waals surface area (Å²) in [6.45, 7) is 2.83. The van der Waals surface area contributed by atoms with Gasteiger partial charge >= 0.3 is 0 Å². The van der Waals surface area contributed by atoms with Crippen molar-refractivity contribution in [2.24, 2.45) is 0 Å². The van der Waals surface area contributed by atoms with E-state index in [9.17, 15) is 13.2 Å². The summed E-state index contributed by atoms with van der Waals surface area (Å²) in [6, 6.07) is 2.65. The lowest BCUT2D eigenvalue weighted by molar-refractivity contribution is 0.0621. The van der Waals surface area contributed by atoms with Gasteiger partial charge in [-0.05, 0) is 24.6 Å². The van der Waals surface area contributed by atoms with Crippen molar-refractivity contribution in [1.29, 1.82) is 0 Å². The average molecular weight is 363 g/mol. The number of hydrogen-bond donors (Lipinski definition) is 1. The lowest BCUT2D eigenvalue weighted by Crippen LogP contribution is -2.59. The molecule has 0 radical (unpaired) electrons. The third-order valence-electron chi connectivity index (χ3n) is 4.27. The number of hydrogen-bond acceptors (Lipinski definition) is 4. The predicted octanol–water partition coefficient (Wildman–Crippen LogP) is 1.51. The molecule has 1 amide bonds. The second-order valence-electron chi connectivity index (χ2n) is 5.77. The van der Waals surface area contributed by atoms with E-state index in [1.54, 1.807) is 24.0 Å². The molecule has 1 aromatic rings. The first-order chi connectivity index (χ1) is 10.3. The minimum Gasteiger partial charge on any atom is -0.332 e. The molecule has 1 N–H and O–H groups in total. The minimum atomic E-state index is -3.11. The van der Waals surface area contributed by atoms with Gasteiger partial charge in [-0.15, -0.1) is 0 Å². The molecule has 2 atom stereocenters. The quantitative estimate of drug-likeness (QED) is 0.822. The maximum absolute atomic E-state index is 12.8. The van der Waals surface area contributed by atoms with E-state index in [4.69, 9.17) is 23.2 Å². The normalized spacial score (nSPS) is 26.8. The van der Waals surface area contributed by atoms with Gasteiger partial charge < -0.3 is 10.2 Å². The Bertz CT molecular complexity index is 713. The van der Waals surface area contributed by atoms with Gasteiger partial charge in [0.1, 0.15) is 0 Å². The van der Waals surface area contributed by atoms with Gasteiger partial charge in [-0.2, -0.15) is 0 Å². The number of rotatable bonds is 1. The Morgan fingerprint density at radius 3 is 2.55 bits per heavy atom. The molecular weight excluding hydrogens is 347 g/mol.